The summed E-state index contributed by atoms with van der Waals surface area (Å²) in [6.45, 7) is -1.40. The van der Waals surface area contributed by atoms with Crippen molar-refractivity contribution >= 4 is 0 Å². The minimum atomic E-state index is -4.17. The number of nitrogens with two attached hydrogens (primary N) is 1. The molecule has 0 bridgehead atoms. The number of ether oxygens (including phenoxy) is 1. The maximum atomic E-state index is 12.5. The van der Waals surface area contributed by atoms with Crippen molar-refractivity contribution in [1.29, 1.82) is 0 Å². The molecule has 0 aliphatic rings. The summed E-state index contributed by atoms with van der Waals surface area (Å²) >= 11 is 0. The van der Waals surface area contributed by atoms with E-state index in [1.54, 1.807) is 30.3 Å². The van der Waals surface area contributed by atoms with Crippen molar-refractivity contribution in [3.63, 3.8) is 0 Å². The molecule has 0 spiro atoms. The van der Waals surface area contributed by atoms with Crippen LogP contribution in [-0.2, 0) is 4.74 Å². The Morgan fingerprint density at radius 2 is 1.75 bits per heavy atom. The first-order chi connectivity index (χ1) is 7.43. The zero-order chi connectivity index (χ0) is 12.2. The van der Waals surface area contributed by atoms with E-state index in [1.165, 1.54) is 0 Å². The van der Waals surface area contributed by atoms with Gasteiger partial charge in [-0.1, -0.05) is 30.3 Å². The van der Waals surface area contributed by atoms with Crippen LogP contribution in [0.4, 0.5) is 17.6 Å². The second-order valence-electron chi connectivity index (χ2n) is 3.20. The van der Waals surface area contributed by atoms with Crippen molar-refractivity contribution < 1.29 is 22.3 Å². The molecule has 2 nitrogen and oxygen atoms in total. The number of benzene rings is 1. The molecule has 1 rings (SSSR count). The second kappa shape index (κ2) is 5.27. The monoisotopic (exact) mass is 237 g/mol. The van der Waals surface area contributed by atoms with Crippen LogP contribution in [0.2, 0.25) is 0 Å². The Labute approximate surface area is 90.0 Å². The molecule has 1 aromatic carbocycles. The van der Waals surface area contributed by atoms with Crippen molar-refractivity contribution in [2.75, 3.05) is 6.61 Å². The van der Waals surface area contributed by atoms with Crippen LogP contribution in [-0.4, -0.2) is 19.0 Å². The highest BCUT2D eigenvalue weighted by Crippen LogP contribution is 2.24. The number of hydrogen-bond donors (Lipinski definition) is 1. The zero-order valence-electron chi connectivity index (χ0n) is 8.25. The van der Waals surface area contributed by atoms with Crippen molar-refractivity contribution in [3.05, 3.63) is 35.9 Å². The highest BCUT2D eigenvalue weighted by atomic mass is 19.3. The molecule has 0 saturated heterocycles. The largest absolute Gasteiger partial charge is 0.353 e. The lowest BCUT2D eigenvalue weighted by molar-refractivity contribution is -0.176. The predicted molar refractivity (Wildman–Crippen MR) is 50.3 cm³/mol. The third-order valence-corrected chi connectivity index (χ3v) is 1.90. The summed E-state index contributed by atoms with van der Waals surface area (Å²) in [5.41, 5.74) is 5.85. The normalized spacial score (nSPS) is 14.1. The van der Waals surface area contributed by atoms with Gasteiger partial charge in [-0.15, -0.1) is 0 Å². The third kappa shape index (κ3) is 3.46. The topological polar surface area (TPSA) is 35.2 Å². The molecule has 0 fully saturated rings. The summed E-state index contributed by atoms with van der Waals surface area (Å²) in [5, 5.41) is 0. The van der Waals surface area contributed by atoms with Gasteiger partial charge in [0, 0.05) is 0 Å². The molecular weight excluding hydrogens is 226 g/mol. The van der Waals surface area contributed by atoms with E-state index in [1.807, 2.05) is 0 Å². The minimum absolute atomic E-state index is 0.451. The molecule has 0 aliphatic heterocycles. The average Bonchev–Trinajstić information content (AvgIpc) is 2.27. The van der Waals surface area contributed by atoms with Crippen LogP contribution in [0.1, 0.15) is 11.8 Å². The molecule has 0 aromatic heterocycles. The summed E-state index contributed by atoms with van der Waals surface area (Å²) in [4.78, 5) is 0. The van der Waals surface area contributed by atoms with Crippen LogP contribution in [0.3, 0.4) is 0 Å². The van der Waals surface area contributed by atoms with Crippen molar-refractivity contribution in [2.45, 2.75) is 18.6 Å². The van der Waals surface area contributed by atoms with E-state index in [4.69, 9.17) is 5.73 Å². The van der Waals surface area contributed by atoms with Gasteiger partial charge in [-0.05, 0) is 5.56 Å². The van der Waals surface area contributed by atoms with Gasteiger partial charge in [0.05, 0.1) is 0 Å². The van der Waals surface area contributed by atoms with E-state index in [9.17, 15) is 17.6 Å². The summed E-state index contributed by atoms with van der Waals surface area (Å²) in [6, 6.07) is 8.12. The van der Waals surface area contributed by atoms with E-state index in [0.29, 0.717) is 5.56 Å². The van der Waals surface area contributed by atoms with Gasteiger partial charge in [-0.3, -0.25) is 0 Å². The average molecular weight is 237 g/mol. The first-order valence-corrected chi connectivity index (χ1v) is 4.51. The number of alkyl halides is 4. The number of rotatable bonds is 5. The Hall–Kier alpha value is -1.14. The molecule has 16 heavy (non-hydrogen) atoms. The van der Waals surface area contributed by atoms with Crippen molar-refractivity contribution in [2.24, 2.45) is 5.73 Å². The van der Waals surface area contributed by atoms with E-state index in [0.717, 1.165) is 0 Å². The van der Waals surface area contributed by atoms with Crippen LogP contribution in [0.5, 0.6) is 0 Å². The van der Waals surface area contributed by atoms with Crippen LogP contribution in [0, 0.1) is 0 Å². The maximum absolute atomic E-state index is 12.5. The van der Waals surface area contributed by atoms with Crippen LogP contribution in [0.25, 0.3) is 0 Å². The van der Waals surface area contributed by atoms with E-state index in [-0.39, 0.29) is 0 Å². The Morgan fingerprint density at radius 1 is 1.19 bits per heavy atom. The predicted octanol–water partition coefficient (Wildman–Crippen LogP) is 2.56. The lowest BCUT2D eigenvalue weighted by Gasteiger charge is -2.19. The van der Waals surface area contributed by atoms with Crippen LogP contribution in [0.15, 0.2) is 30.3 Å². The van der Waals surface area contributed by atoms with Gasteiger partial charge in [0.15, 0.2) is 0 Å². The summed E-state index contributed by atoms with van der Waals surface area (Å²) in [7, 11) is 0. The van der Waals surface area contributed by atoms with E-state index < -0.39 is 25.2 Å². The van der Waals surface area contributed by atoms with E-state index >= 15 is 0 Å². The minimum Gasteiger partial charge on any atom is -0.353 e. The Bertz CT molecular complexity index is 318. The SMILES string of the molecule is NC(OCC(F)(F)C(F)F)c1ccccc1. The molecule has 2 N–H and O–H groups in total. The molecule has 1 unspecified atom stereocenters. The smallest absolute Gasteiger partial charge is 0.330 e. The standard InChI is InChI=1S/C10H11F4NO/c11-9(12)10(13,14)6-16-8(15)7-4-2-1-3-5-7/h1-5,8-9H,6,15H2. The molecule has 0 radical (unpaired) electrons. The van der Waals surface area contributed by atoms with Crippen molar-refractivity contribution in [1.82, 2.24) is 0 Å². The fourth-order valence-electron chi connectivity index (χ4n) is 1.00. The summed E-state index contributed by atoms with van der Waals surface area (Å²) in [5.74, 6) is -4.17. The number of hydrogen-bond acceptors (Lipinski definition) is 2. The van der Waals surface area contributed by atoms with Gasteiger partial charge in [-0.2, -0.15) is 8.78 Å². The van der Waals surface area contributed by atoms with Crippen molar-refractivity contribution in [3.8, 4) is 0 Å². The fraction of sp³-hybridized carbons (Fsp3) is 0.400. The van der Waals surface area contributed by atoms with Gasteiger partial charge >= 0.3 is 12.3 Å². The van der Waals surface area contributed by atoms with Gasteiger partial charge in [-0.25, -0.2) is 8.78 Å². The first kappa shape index (κ1) is 12.9. The molecule has 90 valence electrons. The fourth-order valence-corrected chi connectivity index (χ4v) is 1.00. The lowest BCUT2D eigenvalue weighted by Crippen LogP contribution is -2.34. The van der Waals surface area contributed by atoms with E-state index in [2.05, 4.69) is 4.74 Å². The quantitative estimate of drug-likeness (QED) is 0.631. The van der Waals surface area contributed by atoms with Gasteiger partial charge < -0.3 is 10.5 Å². The maximum Gasteiger partial charge on any atom is 0.330 e. The zero-order valence-corrected chi connectivity index (χ0v) is 8.25. The highest BCUT2D eigenvalue weighted by molar-refractivity contribution is 5.16. The molecule has 0 heterocycles. The van der Waals surface area contributed by atoms with Gasteiger partial charge in [0.25, 0.3) is 0 Å². The Balaban J connectivity index is 2.51. The Morgan fingerprint density at radius 3 is 2.25 bits per heavy atom. The summed E-state index contributed by atoms with van der Waals surface area (Å²) < 4.78 is 53.1. The van der Waals surface area contributed by atoms with Crippen LogP contribution < -0.4 is 5.73 Å². The molecule has 1 aromatic rings. The summed E-state index contributed by atoms with van der Waals surface area (Å²) in [6.07, 6.45) is -4.89. The molecule has 0 saturated carbocycles. The van der Waals surface area contributed by atoms with Gasteiger partial charge in [0.1, 0.15) is 12.8 Å². The number of halogens is 4. The molecule has 6 heteroatoms. The second-order valence-corrected chi connectivity index (χ2v) is 3.20. The van der Waals surface area contributed by atoms with Gasteiger partial charge in [0.2, 0.25) is 0 Å². The molecule has 0 aliphatic carbocycles. The molecular formula is C10H11F4NO. The van der Waals surface area contributed by atoms with Crippen LogP contribution >= 0.6 is 0 Å². The highest BCUT2D eigenvalue weighted by Gasteiger charge is 2.41. The Kier molecular flexibility index (Phi) is 4.26. The first-order valence-electron chi connectivity index (χ1n) is 4.51. The molecule has 1 atom stereocenters. The third-order valence-electron chi connectivity index (χ3n) is 1.90. The lowest BCUT2D eigenvalue weighted by atomic mass is 10.2. The molecule has 0 amide bonds.